The first kappa shape index (κ1) is 26.0. The van der Waals surface area contributed by atoms with Crippen LogP contribution in [0.1, 0.15) is 77.7 Å². The molecule has 5 nitrogen and oxygen atoms in total. The van der Waals surface area contributed by atoms with Crippen molar-refractivity contribution in [2.45, 2.75) is 90.1 Å². The summed E-state index contributed by atoms with van der Waals surface area (Å²) in [5, 5.41) is 0. The lowest BCUT2D eigenvalue weighted by Gasteiger charge is -2.58. The molecule has 1 aromatic carbocycles. The van der Waals surface area contributed by atoms with Crippen molar-refractivity contribution >= 4 is 16.1 Å². The van der Waals surface area contributed by atoms with E-state index in [2.05, 4.69) is 26.8 Å². The van der Waals surface area contributed by atoms with Crippen LogP contribution in [0.25, 0.3) is 0 Å². The van der Waals surface area contributed by atoms with E-state index < -0.39 is 10.1 Å². The SMILES string of the molecule is COC(=O)[C@@H](C)[C@H]1CC[C@H]2[C@@H]3CC=C4CC(OS(=O)(=O)c5ccc(C)cc5)CC[C@]4(C)[C@H]3CC[C@]12C. The molecule has 0 N–H and O–H groups in total. The number of esters is 1. The third kappa shape index (κ3) is 4.16. The highest BCUT2D eigenvalue weighted by molar-refractivity contribution is 7.86. The molecule has 5 rings (SSSR count). The van der Waals surface area contributed by atoms with Gasteiger partial charge in [0.25, 0.3) is 10.1 Å². The van der Waals surface area contributed by atoms with Gasteiger partial charge in [0.05, 0.1) is 24.0 Å². The van der Waals surface area contributed by atoms with E-state index in [4.69, 9.17) is 8.92 Å². The molecule has 36 heavy (non-hydrogen) atoms. The number of carbonyl (C=O) groups is 1. The van der Waals surface area contributed by atoms with Crippen molar-refractivity contribution < 1.29 is 22.1 Å². The summed E-state index contributed by atoms with van der Waals surface area (Å²) in [6.07, 6.45) is 10.3. The van der Waals surface area contributed by atoms with Crippen molar-refractivity contribution in [2.24, 2.45) is 40.4 Å². The van der Waals surface area contributed by atoms with E-state index in [1.54, 1.807) is 12.1 Å². The van der Waals surface area contributed by atoms with Gasteiger partial charge in [-0.1, -0.05) is 50.1 Å². The maximum Gasteiger partial charge on any atom is 0.308 e. The number of hydrogen-bond acceptors (Lipinski definition) is 5. The van der Waals surface area contributed by atoms with E-state index in [0.29, 0.717) is 30.1 Å². The van der Waals surface area contributed by atoms with Gasteiger partial charge in [-0.2, -0.15) is 8.42 Å². The molecule has 6 heteroatoms. The zero-order valence-corrected chi connectivity index (χ0v) is 23.3. The Kier molecular flexibility index (Phi) is 6.68. The highest BCUT2D eigenvalue weighted by Crippen LogP contribution is 2.67. The molecule has 1 unspecified atom stereocenters. The molecule has 0 spiro atoms. The van der Waals surface area contributed by atoms with Crippen molar-refractivity contribution in [3.05, 3.63) is 41.5 Å². The van der Waals surface area contributed by atoms with Crippen LogP contribution in [0.4, 0.5) is 0 Å². The Labute approximate surface area is 217 Å². The fourth-order valence-corrected chi connectivity index (χ4v) is 9.96. The maximum atomic E-state index is 12.9. The number of benzene rings is 1. The summed E-state index contributed by atoms with van der Waals surface area (Å²) >= 11 is 0. The third-order valence-electron chi connectivity index (χ3n) is 10.9. The molecule has 0 aliphatic heterocycles. The van der Waals surface area contributed by atoms with Crippen LogP contribution in [0.3, 0.4) is 0 Å². The minimum absolute atomic E-state index is 0.0464. The monoisotopic (exact) mass is 514 g/mol. The largest absolute Gasteiger partial charge is 0.469 e. The Morgan fingerprint density at radius 3 is 2.44 bits per heavy atom. The zero-order chi connectivity index (χ0) is 25.9. The fourth-order valence-electron chi connectivity index (χ4n) is 8.86. The molecule has 0 saturated heterocycles. The predicted octanol–water partition coefficient (Wildman–Crippen LogP) is 6.46. The van der Waals surface area contributed by atoms with Gasteiger partial charge in [0.1, 0.15) is 0 Å². The summed E-state index contributed by atoms with van der Waals surface area (Å²) in [7, 11) is -2.26. The number of rotatable bonds is 5. The second-order valence-electron chi connectivity index (χ2n) is 12.5. The van der Waals surface area contributed by atoms with Gasteiger partial charge in [0.2, 0.25) is 0 Å². The highest BCUT2D eigenvalue weighted by Gasteiger charge is 2.60. The Morgan fingerprint density at radius 1 is 1.03 bits per heavy atom. The van der Waals surface area contributed by atoms with E-state index in [0.717, 1.165) is 37.7 Å². The smallest absolute Gasteiger partial charge is 0.308 e. The normalized spacial score (nSPS) is 38.8. The minimum Gasteiger partial charge on any atom is -0.469 e. The number of fused-ring (bicyclic) bond motifs is 5. The first-order valence-electron chi connectivity index (χ1n) is 13.8. The fraction of sp³-hybridized carbons (Fsp3) is 0.700. The van der Waals surface area contributed by atoms with Gasteiger partial charge in [0.15, 0.2) is 0 Å². The quantitative estimate of drug-likeness (QED) is 0.256. The van der Waals surface area contributed by atoms with Crippen LogP contribution >= 0.6 is 0 Å². The molecule has 0 aromatic heterocycles. The topological polar surface area (TPSA) is 69.7 Å². The van der Waals surface area contributed by atoms with Crippen LogP contribution < -0.4 is 0 Å². The molecule has 8 atom stereocenters. The van der Waals surface area contributed by atoms with Crippen molar-refractivity contribution in [3.8, 4) is 0 Å². The molecule has 4 aliphatic carbocycles. The lowest BCUT2D eigenvalue weighted by atomic mass is 9.47. The summed E-state index contributed by atoms with van der Waals surface area (Å²) in [4.78, 5) is 12.6. The minimum atomic E-state index is -3.77. The molecule has 3 saturated carbocycles. The lowest BCUT2D eigenvalue weighted by Crippen LogP contribution is -2.51. The Balaban J connectivity index is 1.32. The molecule has 198 valence electrons. The van der Waals surface area contributed by atoms with Crippen LogP contribution in [-0.4, -0.2) is 27.6 Å². The average Bonchev–Trinajstić information content (AvgIpc) is 3.20. The molecule has 0 heterocycles. The zero-order valence-electron chi connectivity index (χ0n) is 22.5. The second-order valence-corrected chi connectivity index (χ2v) is 14.1. The molecule has 3 fully saturated rings. The van der Waals surface area contributed by atoms with Crippen LogP contribution in [-0.2, 0) is 23.8 Å². The molecule has 0 radical (unpaired) electrons. The summed E-state index contributed by atoms with van der Waals surface area (Å²) in [6.45, 7) is 8.86. The van der Waals surface area contributed by atoms with Crippen LogP contribution in [0.5, 0.6) is 0 Å². The van der Waals surface area contributed by atoms with E-state index in [9.17, 15) is 13.2 Å². The molecular weight excluding hydrogens is 472 g/mol. The molecule has 0 bridgehead atoms. The van der Waals surface area contributed by atoms with E-state index >= 15 is 0 Å². The van der Waals surface area contributed by atoms with Crippen LogP contribution in [0.15, 0.2) is 40.8 Å². The first-order valence-corrected chi connectivity index (χ1v) is 15.2. The lowest BCUT2D eigenvalue weighted by molar-refractivity contribution is -0.149. The molecule has 0 amide bonds. The Morgan fingerprint density at radius 2 is 1.75 bits per heavy atom. The summed E-state index contributed by atoms with van der Waals surface area (Å²) in [5.41, 5.74) is 2.74. The third-order valence-corrected chi connectivity index (χ3v) is 12.3. The number of methoxy groups -OCH3 is 1. The molecule has 1 aromatic rings. The predicted molar refractivity (Wildman–Crippen MR) is 140 cm³/mol. The van der Waals surface area contributed by atoms with Gasteiger partial charge in [0, 0.05) is 0 Å². The van der Waals surface area contributed by atoms with Gasteiger partial charge in [-0.05, 0) is 105 Å². The number of ether oxygens (including phenoxy) is 1. The summed E-state index contributed by atoms with van der Waals surface area (Å²) in [6, 6.07) is 6.90. The van der Waals surface area contributed by atoms with Gasteiger partial charge in [-0.3, -0.25) is 8.98 Å². The van der Waals surface area contributed by atoms with Gasteiger partial charge >= 0.3 is 5.97 Å². The van der Waals surface area contributed by atoms with Crippen molar-refractivity contribution in [2.75, 3.05) is 7.11 Å². The van der Waals surface area contributed by atoms with Gasteiger partial charge in [-0.15, -0.1) is 0 Å². The van der Waals surface area contributed by atoms with Crippen LogP contribution in [0.2, 0.25) is 0 Å². The number of aryl methyl sites for hydroxylation is 1. The van der Waals surface area contributed by atoms with Crippen molar-refractivity contribution in [1.29, 1.82) is 0 Å². The van der Waals surface area contributed by atoms with E-state index in [1.807, 2.05) is 19.1 Å². The van der Waals surface area contributed by atoms with Gasteiger partial charge in [-0.25, -0.2) is 0 Å². The van der Waals surface area contributed by atoms with Crippen molar-refractivity contribution in [3.63, 3.8) is 0 Å². The van der Waals surface area contributed by atoms with Crippen LogP contribution in [0, 0.1) is 47.3 Å². The second kappa shape index (κ2) is 9.27. The molecular formula is C30H42O5S. The van der Waals surface area contributed by atoms with E-state index in [-0.39, 0.29) is 33.7 Å². The Bertz CT molecular complexity index is 1140. The highest BCUT2D eigenvalue weighted by atomic mass is 32.2. The summed E-state index contributed by atoms with van der Waals surface area (Å²) < 4.78 is 36.7. The van der Waals surface area contributed by atoms with Crippen molar-refractivity contribution in [1.82, 2.24) is 0 Å². The first-order chi connectivity index (χ1) is 17.0. The van der Waals surface area contributed by atoms with E-state index in [1.165, 1.54) is 25.5 Å². The number of hydrogen-bond donors (Lipinski definition) is 0. The number of allylic oxidation sites excluding steroid dienone is 1. The number of carbonyl (C=O) groups excluding carboxylic acids is 1. The maximum absolute atomic E-state index is 12.9. The van der Waals surface area contributed by atoms with Gasteiger partial charge < -0.3 is 4.74 Å². The Hall–Kier alpha value is -1.66. The average molecular weight is 515 g/mol. The summed E-state index contributed by atoms with van der Waals surface area (Å²) in [5.74, 6) is 2.18. The molecule has 4 aliphatic rings. The standard InChI is InChI=1S/C30H42O5S/c1-19-6-9-23(10-7-19)36(32,33)35-22-14-16-29(3)21(18-22)8-11-24-26-13-12-25(20(2)28(31)34-5)30(26,4)17-15-27(24)29/h6-10,20,22,24-27H,11-18H2,1-5H3/t20-,22?,24-,25+,26-,27-,29-,30+/m0/s1.